The van der Waals surface area contributed by atoms with Gasteiger partial charge in [0.1, 0.15) is 0 Å². The van der Waals surface area contributed by atoms with Gasteiger partial charge in [0.15, 0.2) is 0 Å². The van der Waals surface area contributed by atoms with E-state index in [1.165, 1.54) is 5.56 Å². The normalized spacial score (nSPS) is 13.4. The van der Waals surface area contributed by atoms with Crippen molar-refractivity contribution in [1.29, 1.82) is 0 Å². The lowest BCUT2D eigenvalue weighted by Crippen LogP contribution is -2.61. The summed E-state index contributed by atoms with van der Waals surface area (Å²) in [6.45, 7) is 13.3. The zero-order valence-corrected chi connectivity index (χ0v) is 51.9. The van der Waals surface area contributed by atoms with Gasteiger partial charge >= 0.3 is 0 Å². The molecule has 0 spiro atoms. The minimum atomic E-state index is -0.427. The van der Waals surface area contributed by atoms with Gasteiger partial charge in [-0.05, 0) is 163 Å². The average Bonchev–Trinajstić information content (AvgIpc) is 0.782. The lowest BCUT2D eigenvalue weighted by molar-refractivity contribution is 0.590. The fraction of sp³-hybridized carbons (Fsp3) is 0.0930. The molecule has 0 unspecified atom stereocenters. The van der Waals surface area contributed by atoms with E-state index in [9.17, 15) is 2.74 Å². The fourth-order valence-corrected chi connectivity index (χ4v) is 14.1. The molecule has 3 heterocycles. The molecule has 91 heavy (non-hydrogen) atoms. The van der Waals surface area contributed by atoms with E-state index in [0.29, 0.717) is 5.56 Å². The van der Waals surface area contributed by atoms with Crippen LogP contribution in [0.1, 0.15) is 59.5 Å². The molecule has 0 saturated carbocycles. The summed E-state index contributed by atoms with van der Waals surface area (Å²) < 4.78 is 48.1. The quantitative estimate of drug-likeness (QED) is 0.127. The summed E-state index contributed by atoms with van der Waals surface area (Å²) in [6, 6.07) is 98.9. The molecule has 0 aliphatic carbocycles. The van der Waals surface area contributed by atoms with Gasteiger partial charge in [0, 0.05) is 73.0 Å². The van der Waals surface area contributed by atoms with E-state index in [2.05, 4.69) is 334 Å². The van der Waals surface area contributed by atoms with E-state index in [4.69, 9.17) is 4.11 Å². The van der Waals surface area contributed by atoms with Crippen LogP contribution in [-0.4, -0.2) is 11.3 Å². The van der Waals surface area contributed by atoms with Crippen LogP contribution in [0.2, 0.25) is 0 Å². The molecular formula is C86H69BN4. The first kappa shape index (κ1) is 50.0. The number of anilines is 9. The lowest BCUT2D eigenvalue weighted by atomic mass is 9.33. The van der Waals surface area contributed by atoms with Crippen LogP contribution in [0, 0.1) is 0 Å². The Labute approximate surface area is 542 Å². The Balaban J connectivity index is 1.03. The van der Waals surface area contributed by atoms with Gasteiger partial charge in [-0.2, -0.15) is 0 Å². The maximum atomic E-state index is 9.49. The largest absolute Gasteiger partial charge is 0.311 e. The minimum Gasteiger partial charge on any atom is -0.311 e. The molecule has 1 aromatic heterocycles. The van der Waals surface area contributed by atoms with Gasteiger partial charge in [-0.25, -0.2) is 0 Å². The van der Waals surface area contributed by atoms with Crippen LogP contribution in [0.4, 0.5) is 51.2 Å². The third-order valence-electron chi connectivity index (χ3n) is 18.5. The third-order valence-corrected chi connectivity index (χ3v) is 18.5. The molecule has 0 fully saturated rings. The fourth-order valence-electron chi connectivity index (χ4n) is 14.1. The van der Waals surface area contributed by atoms with Gasteiger partial charge in [-0.1, -0.05) is 254 Å². The third kappa shape index (κ3) is 9.54. The Kier molecular flexibility index (Phi) is 12.1. The highest BCUT2D eigenvalue weighted by atomic mass is 15.2. The standard InChI is InChI=1S/C86H69BN4/c1-85(2,3)63-52-71(60-33-17-9-18-34-60)84(72(53-63)61-35-19-10-20-36-61)91-79-51-62(58-29-13-7-14-30-58)45-48-74(79)87-75-49-46-68(57-80(75)90(81-54-64(86(4,5)6)55-82(91)83(81)87)76-43-27-25-41-69(76)59-31-15-8-16-32-59)89-77-44-28-26-42-70(77)73-56-67(47-50-78(73)89)88(65-37-21-11-22-38-65)66-39-23-12-24-40-66/h7-57H,1-6H3/i7D,13D,14D,29D,30D. The first-order valence-electron chi connectivity index (χ1n) is 34.0. The second kappa shape index (κ2) is 22.0. The number of benzene rings is 13. The number of aromatic nitrogens is 1. The summed E-state index contributed by atoms with van der Waals surface area (Å²) in [5, 5.41) is 2.27. The van der Waals surface area contributed by atoms with Crippen LogP contribution < -0.4 is 31.1 Å². The maximum Gasteiger partial charge on any atom is 0.252 e. The predicted octanol–water partition coefficient (Wildman–Crippen LogP) is 21.6. The predicted molar refractivity (Wildman–Crippen MR) is 389 cm³/mol. The van der Waals surface area contributed by atoms with E-state index in [1.54, 1.807) is 0 Å². The molecule has 13 aromatic carbocycles. The van der Waals surface area contributed by atoms with Crippen LogP contribution in [0.3, 0.4) is 0 Å². The molecule has 16 rings (SSSR count). The summed E-state index contributed by atoms with van der Waals surface area (Å²) in [4.78, 5) is 7.34. The van der Waals surface area contributed by atoms with Gasteiger partial charge in [-0.3, -0.25) is 0 Å². The van der Waals surface area contributed by atoms with Crippen molar-refractivity contribution in [2.75, 3.05) is 14.7 Å². The van der Waals surface area contributed by atoms with Crippen molar-refractivity contribution in [3.8, 4) is 50.2 Å². The first-order chi connectivity index (χ1) is 46.5. The van der Waals surface area contributed by atoms with Crippen molar-refractivity contribution < 1.29 is 6.85 Å². The highest BCUT2D eigenvalue weighted by Crippen LogP contribution is 2.54. The maximum absolute atomic E-state index is 9.49. The molecule has 2 aliphatic heterocycles. The molecule has 0 amide bonds. The lowest BCUT2D eigenvalue weighted by Gasteiger charge is -2.46. The number of nitrogens with zero attached hydrogens (tertiary/aromatic N) is 4. The Hall–Kier alpha value is -10.9. The molecule has 0 radical (unpaired) electrons. The van der Waals surface area contributed by atoms with E-state index in [0.717, 1.165) is 134 Å². The van der Waals surface area contributed by atoms with Crippen molar-refractivity contribution in [3.05, 3.63) is 320 Å². The van der Waals surface area contributed by atoms with Crippen LogP contribution >= 0.6 is 0 Å². The Morgan fingerprint density at radius 1 is 0.341 bits per heavy atom. The van der Waals surface area contributed by atoms with Crippen LogP contribution in [-0.2, 0) is 10.8 Å². The van der Waals surface area contributed by atoms with Crippen LogP contribution in [0.15, 0.2) is 309 Å². The number of fused-ring (bicyclic) bond motifs is 7. The highest BCUT2D eigenvalue weighted by molar-refractivity contribution is 7.00. The average molecular weight is 1170 g/mol. The van der Waals surface area contributed by atoms with Crippen molar-refractivity contribution in [3.63, 3.8) is 0 Å². The Morgan fingerprint density at radius 3 is 1.44 bits per heavy atom. The monoisotopic (exact) mass is 1170 g/mol. The van der Waals surface area contributed by atoms with E-state index in [1.807, 2.05) is 6.07 Å². The highest BCUT2D eigenvalue weighted by Gasteiger charge is 2.46. The molecular weight excluding hydrogens is 1100 g/mol. The summed E-state index contributed by atoms with van der Waals surface area (Å²) >= 11 is 0. The molecule has 0 N–H and O–H groups in total. The summed E-state index contributed by atoms with van der Waals surface area (Å²) in [5.74, 6) is 0. The SMILES string of the molecule is [2H]c1c([2H])c([2H])c(-c2ccc3c(c2)N(c2c(-c4ccccc4)cc(C(C)(C)C)cc2-c2ccccc2)c2cc(C(C)(C)C)cc4c2B3c2ccc(-n3c5ccccc5c5cc(N(c6ccccc6)c6ccccc6)ccc53)cc2N4c2ccccc2-c2ccccc2)c([2H])c1[2H]. The summed E-state index contributed by atoms with van der Waals surface area (Å²) in [7, 11) is 0. The molecule has 0 saturated heterocycles. The topological polar surface area (TPSA) is 14.7 Å². The number of rotatable bonds is 10. The van der Waals surface area contributed by atoms with E-state index < -0.39 is 6.04 Å². The summed E-state index contributed by atoms with van der Waals surface area (Å²) in [6.07, 6.45) is 0. The first-order valence-corrected chi connectivity index (χ1v) is 31.5. The van der Waals surface area contributed by atoms with E-state index >= 15 is 0 Å². The number of para-hydroxylation sites is 4. The van der Waals surface area contributed by atoms with Gasteiger partial charge in [0.05, 0.1) is 29.3 Å². The van der Waals surface area contributed by atoms with Crippen molar-refractivity contribution in [1.82, 2.24) is 4.57 Å². The Morgan fingerprint density at radius 2 is 0.835 bits per heavy atom. The molecule has 5 heteroatoms. The molecule has 4 nitrogen and oxygen atoms in total. The van der Waals surface area contributed by atoms with Gasteiger partial charge in [0.2, 0.25) is 0 Å². The second-order valence-electron chi connectivity index (χ2n) is 26.1. The van der Waals surface area contributed by atoms with Crippen molar-refractivity contribution >= 4 is 96.1 Å². The minimum absolute atomic E-state index is 0.150. The van der Waals surface area contributed by atoms with Gasteiger partial charge in [0.25, 0.3) is 6.71 Å². The van der Waals surface area contributed by atoms with Gasteiger partial charge < -0.3 is 19.3 Å². The molecule has 436 valence electrons. The smallest absolute Gasteiger partial charge is 0.252 e. The summed E-state index contributed by atoms with van der Waals surface area (Å²) in [5.41, 5.74) is 24.2. The Bertz CT molecular complexity index is 5260. The second-order valence-corrected chi connectivity index (χ2v) is 26.1. The molecule has 0 bridgehead atoms. The molecule has 2 aliphatic rings. The van der Waals surface area contributed by atoms with Crippen LogP contribution in [0.25, 0.3) is 72.0 Å². The van der Waals surface area contributed by atoms with Crippen molar-refractivity contribution in [2.24, 2.45) is 0 Å². The van der Waals surface area contributed by atoms with Crippen LogP contribution in [0.5, 0.6) is 0 Å². The zero-order valence-electron chi connectivity index (χ0n) is 56.9. The van der Waals surface area contributed by atoms with Gasteiger partial charge in [-0.15, -0.1) is 0 Å². The zero-order chi connectivity index (χ0) is 65.9. The number of hydrogen-bond donors (Lipinski definition) is 0. The van der Waals surface area contributed by atoms with E-state index in [-0.39, 0.29) is 47.3 Å². The number of hydrogen-bond acceptors (Lipinski definition) is 3. The molecule has 14 aromatic rings. The molecule has 0 atom stereocenters. The van der Waals surface area contributed by atoms with Crippen molar-refractivity contribution in [2.45, 2.75) is 52.4 Å².